The van der Waals surface area contributed by atoms with Gasteiger partial charge in [0.1, 0.15) is 0 Å². The predicted octanol–water partition coefficient (Wildman–Crippen LogP) is 5.48. The first kappa shape index (κ1) is 20.2. The number of rotatable bonds is 5. The highest BCUT2D eigenvalue weighted by Gasteiger charge is 2.27. The van der Waals surface area contributed by atoms with Crippen LogP contribution in [0.3, 0.4) is 0 Å². The van der Waals surface area contributed by atoms with Gasteiger partial charge in [0.2, 0.25) is 5.95 Å². The van der Waals surface area contributed by atoms with Gasteiger partial charge < -0.3 is 4.74 Å². The second-order valence-corrected chi connectivity index (χ2v) is 8.24. The van der Waals surface area contributed by atoms with Gasteiger partial charge in [-0.15, -0.1) is 11.3 Å². The van der Waals surface area contributed by atoms with Gasteiger partial charge in [-0.3, -0.25) is 9.69 Å². The highest BCUT2D eigenvalue weighted by Crippen LogP contribution is 2.34. The molecule has 1 amide bonds. The molecule has 1 aliphatic rings. The van der Waals surface area contributed by atoms with Gasteiger partial charge >= 0.3 is 0 Å². The number of benzene rings is 1. The maximum Gasteiger partial charge on any atom is 0.260 e. The number of pyridine rings is 1. The lowest BCUT2D eigenvalue weighted by molar-refractivity contribution is 0.0917. The molecule has 1 saturated heterocycles. The molecule has 0 aliphatic carbocycles. The minimum atomic E-state index is -0.708. The maximum absolute atomic E-state index is 13.6. The Labute approximate surface area is 181 Å². The Morgan fingerprint density at radius 2 is 2.17 bits per heavy atom. The third-order valence-electron chi connectivity index (χ3n) is 4.56. The van der Waals surface area contributed by atoms with Crippen LogP contribution in [0.1, 0.15) is 23.2 Å². The molecular formula is C20H16Cl2FN3O2S. The van der Waals surface area contributed by atoms with Gasteiger partial charge in [-0.05, 0) is 37.1 Å². The molecule has 0 saturated carbocycles. The molecule has 0 bridgehead atoms. The number of ether oxygens (including phenoxy) is 1. The maximum atomic E-state index is 13.6. The van der Waals surface area contributed by atoms with E-state index in [-0.39, 0.29) is 17.6 Å². The molecule has 5 nitrogen and oxygen atoms in total. The number of hydrogen-bond donors (Lipinski definition) is 0. The van der Waals surface area contributed by atoms with Crippen LogP contribution in [-0.4, -0.2) is 35.1 Å². The van der Waals surface area contributed by atoms with E-state index in [9.17, 15) is 9.18 Å². The second kappa shape index (κ2) is 8.75. The molecule has 0 spiro atoms. The number of carbonyl (C=O) groups is 1. The first-order valence-electron chi connectivity index (χ1n) is 8.97. The second-order valence-electron chi connectivity index (χ2n) is 6.56. The Morgan fingerprint density at radius 3 is 2.90 bits per heavy atom. The standard InChI is InChI=1S/C20H16Cl2FN3O2S/c21-13-3-4-15(16(22)9-13)17-11-29-20(25-17)26(10-14-2-1-7-28-14)19(27)12-5-6-24-18(23)8-12/h3-6,8-9,11,14H,1-2,7,10H2. The fraction of sp³-hybridized carbons (Fsp3) is 0.250. The van der Waals surface area contributed by atoms with Crippen molar-refractivity contribution in [2.24, 2.45) is 0 Å². The lowest BCUT2D eigenvalue weighted by Crippen LogP contribution is -2.37. The molecule has 9 heteroatoms. The van der Waals surface area contributed by atoms with Crippen LogP contribution in [-0.2, 0) is 4.74 Å². The summed E-state index contributed by atoms with van der Waals surface area (Å²) in [7, 11) is 0. The summed E-state index contributed by atoms with van der Waals surface area (Å²) in [4.78, 5) is 22.8. The minimum Gasteiger partial charge on any atom is -0.376 e. The van der Waals surface area contributed by atoms with Crippen molar-refractivity contribution in [2.45, 2.75) is 18.9 Å². The lowest BCUT2D eigenvalue weighted by atomic mass is 10.2. The quantitative estimate of drug-likeness (QED) is 0.482. The molecule has 1 fully saturated rings. The van der Waals surface area contributed by atoms with Crippen LogP contribution in [0.4, 0.5) is 9.52 Å². The van der Waals surface area contributed by atoms with Crippen LogP contribution in [0.15, 0.2) is 41.9 Å². The number of carbonyl (C=O) groups excluding carboxylic acids is 1. The van der Waals surface area contributed by atoms with Gasteiger partial charge in [0, 0.05) is 40.4 Å². The van der Waals surface area contributed by atoms with Crippen molar-refractivity contribution in [2.75, 3.05) is 18.1 Å². The zero-order valence-electron chi connectivity index (χ0n) is 15.1. The number of thiazole rings is 1. The molecule has 3 aromatic rings. The lowest BCUT2D eigenvalue weighted by Gasteiger charge is -2.23. The Kier molecular flexibility index (Phi) is 6.10. The van der Waals surface area contributed by atoms with Crippen molar-refractivity contribution in [3.8, 4) is 11.3 Å². The summed E-state index contributed by atoms with van der Waals surface area (Å²) in [5, 5.41) is 3.32. The van der Waals surface area contributed by atoms with E-state index >= 15 is 0 Å². The van der Waals surface area contributed by atoms with Crippen LogP contribution in [0.2, 0.25) is 10.0 Å². The van der Waals surface area contributed by atoms with Crippen molar-refractivity contribution in [3.63, 3.8) is 0 Å². The number of halogens is 3. The van der Waals surface area contributed by atoms with Crippen molar-refractivity contribution >= 4 is 45.6 Å². The molecule has 2 aromatic heterocycles. The fourth-order valence-corrected chi connectivity index (χ4v) is 4.48. The van der Waals surface area contributed by atoms with Gasteiger partial charge in [-0.1, -0.05) is 23.2 Å². The van der Waals surface area contributed by atoms with Crippen molar-refractivity contribution in [3.05, 3.63) is 63.5 Å². The smallest absolute Gasteiger partial charge is 0.260 e. The summed E-state index contributed by atoms with van der Waals surface area (Å²) in [6.45, 7) is 1.00. The molecular weight excluding hydrogens is 436 g/mol. The molecule has 0 N–H and O–H groups in total. The van der Waals surface area contributed by atoms with E-state index in [0.29, 0.717) is 34.0 Å². The van der Waals surface area contributed by atoms with Crippen molar-refractivity contribution < 1.29 is 13.9 Å². The Bertz CT molecular complexity index is 1040. The highest BCUT2D eigenvalue weighted by atomic mass is 35.5. The molecule has 1 atom stereocenters. The first-order valence-corrected chi connectivity index (χ1v) is 10.6. The molecule has 4 rings (SSSR count). The van der Waals surface area contributed by atoms with E-state index in [2.05, 4.69) is 9.97 Å². The summed E-state index contributed by atoms with van der Waals surface area (Å²) in [5.41, 5.74) is 1.56. The fourth-order valence-electron chi connectivity index (χ4n) is 3.14. The van der Waals surface area contributed by atoms with Gasteiger partial charge in [0.05, 0.1) is 23.4 Å². The third kappa shape index (κ3) is 4.59. The third-order valence-corrected chi connectivity index (χ3v) is 5.97. The number of aromatic nitrogens is 2. The zero-order valence-corrected chi connectivity index (χ0v) is 17.5. The first-order chi connectivity index (χ1) is 14.0. The Balaban J connectivity index is 1.67. The SMILES string of the molecule is O=C(c1ccnc(F)c1)N(CC1CCCO1)c1nc(-c2ccc(Cl)cc2Cl)cs1. The van der Waals surface area contributed by atoms with Crippen LogP contribution < -0.4 is 4.90 Å². The Hall–Kier alpha value is -2.06. The molecule has 150 valence electrons. The molecule has 1 aliphatic heterocycles. The van der Waals surface area contributed by atoms with Gasteiger partial charge in [0.15, 0.2) is 5.13 Å². The van der Waals surface area contributed by atoms with Crippen LogP contribution >= 0.6 is 34.5 Å². The topological polar surface area (TPSA) is 55.3 Å². The average Bonchev–Trinajstić information content (AvgIpc) is 3.37. The molecule has 1 aromatic carbocycles. The molecule has 1 unspecified atom stereocenters. The van der Waals surface area contributed by atoms with Crippen molar-refractivity contribution in [1.29, 1.82) is 0 Å². The van der Waals surface area contributed by atoms with E-state index in [1.165, 1.54) is 28.5 Å². The van der Waals surface area contributed by atoms with Crippen LogP contribution in [0.25, 0.3) is 11.3 Å². The normalized spacial score (nSPS) is 16.2. The van der Waals surface area contributed by atoms with E-state index < -0.39 is 5.95 Å². The van der Waals surface area contributed by atoms with E-state index in [1.807, 2.05) is 5.38 Å². The summed E-state index contributed by atoms with van der Waals surface area (Å²) < 4.78 is 19.3. The van der Waals surface area contributed by atoms with Crippen molar-refractivity contribution in [1.82, 2.24) is 9.97 Å². The number of nitrogens with zero attached hydrogens (tertiary/aromatic N) is 3. The highest BCUT2D eigenvalue weighted by molar-refractivity contribution is 7.14. The number of amides is 1. The van der Waals surface area contributed by atoms with E-state index in [1.54, 1.807) is 18.2 Å². The summed E-state index contributed by atoms with van der Waals surface area (Å²) >= 11 is 13.6. The summed E-state index contributed by atoms with van der Waals surface area (Å²) in [6.07, 6.45) is 2.99. The zero-order chi connectivity index (χ0) is 20.4. The van der Waals surface area contributed by atoms with E-state index in [4.69, 9.17) is 27.9 Å². The van der Waals surface area contributed by atoms with Gasteiger partial charge in [0.25, 0.3) is 5.91 Å². The molecule has 0 radical (unpaired) electrons. The van der Waals surface area contributed by atoms with Crippen LogP contribution in [0.5, 0.6) is 0 Å². The number of anilines is 1. The predicted molar refractivity (Wildman–Crippen MR) is 112 cm³/mol. The monoisotopic (exact) mass is 451 g/mol. The summed E-state index contributed by atoms with van der Waals surface area (Å²) in [6, 6.07) is 7.77. The minimum absolute atomic E-state index is 0.0860. The summed E-state index contributed by atoms with van der Waals surface area (Å²) in [5.74, 6) is -1.06. The average molecular weight is 452 g/mol. The molecule has 3 heterocycles. The van der Waals surface area contributed by atoms with Gasteiger partial charge in [-0.2, -0.15) is 4.39 Å². The molecule has 29 heavy (non-hydrogen) atoms. The Morgan fingerprint density at radius 1 is 1.31 bits per heavy atom. The van der Waals surface area contributed by atoms with Crippen LogP contribution in [0, 0.1) is 5.95 Å². The van der Waals surface area contributed by atoms with Gasteiger partial charge in [-0.25, -0.2) is 9.97 Å². The largest absolute Gasteiger partial charge is 0.376 e. The van der Waals surface area contributed by atoms with E-state index in [0.717, 1.165) is 24.5 Å². The number of hydrogen-bond acceptors (Lipinski definition) is 5.